The number of nitrogens with zero attached hydrogens (tertiary/aromatic N) is 1. The molecule has 0 radical (unpaired) electrons. The summed E-state index contributed by atoms with van der Waals surface area (Å²) in [4.78, 5) is 26.7. The molecule has 0 fully saturated rings. The van der Waals surface area contributed by atoms with E-state index in [-0.39, 0.29) is 28.6 Å². The van der Waals surface area contributed by atoms with Gasteiger partial charge in [-0.25, -0.2) is 8.78 Å². The molecule has 0 N–H and O–H groups in total. The highest BCUT2D eigenvalue weighted by atomic mass is 32.2. The van der Waals surface area contributed by atoms with Gasteiger partial charge in [0.1, 0.15) is 17.4 Å². The third-order valence-corrected chi connectivity index (χ3v) is 6.68. The first-order valence-corrected chi connectivity index (χ1v) is 11.9. The van der Waals surface area contributed by atoms with Crippen molar-refractivity contribution in [2.24, 2.45) is 0 Å². The topological polar surface area (TPSA) is 66.8 Å². The molecule has 0 unspecified atom stereocenters. The predicted octanol–water partition coefficient (Wildman–Crippen LogP) is 5.65. The number of benzene rings is 3. The van der Waals surface area contributed by atoms with E-state index in [0.717, 1.165) is 11.8 Å². The number of fused-ring (bicyclic) bond motifs is 1. The van der Waals surface area contributed by atoms with Gasteiger partial charge >= 0.3 is 0 Å². The Labute approximate surface area is 216 Å². The molecule has 0 atom stereocenters. The summed E-state index contributed by atoms with van der Waals surface area (Å²) in [5, 5.41) is 0.626. The van der Waals surface area contributed by atoms with Crippen LogP contribution in [0.3, 0.4) is 0 Å². The Balaban J connectivity index is 1.96. The zero-order valence-corrected chi connectivity index (χ0v) is 21.1. The number of allylic oxidation sites excluding steroid dienone is 1. The number of hydrogen-bond acceptors (Lipinski definition) is 6. The van der Waals surface area contributed by atoms with E-state index in [2.05, 4.69) is 0 Å². The molecule has 0 saturated carbocycles. The summed E-state index contributed by atoms with van der Waals surface area (Å²) < 4.78 is 44.8. The minimum Gasteiger partial charge on any atom is -0.495 e. The predicted molar refractivity (Wildman–Crippen MR) is 139 cm³/mol. The molecule has 0 aliphatic heterocycles. The molecular formula is C28H23F2NO5S. The van der Waals surface area contributed by atoms with E-state index in [1.54, 1.807) is 30.3 Å². The quantitative estimate of drug-likeness (QED) is 0.122. The molecule has 0 amide bonds. The third kappa shape index (κ3) is 5.51. The number of pyridine rings is 1. The third-order valence-electron chi connectivity index (χ3n) is 5.67. The van der Waals surface area contributed by atoms with Crippen molar-refractivity contribution in [2.45, 2.75) is 11.4 Å². The van der Waals surface area contributed by atoms with Crippen molar-refractivity contribution in [3.8, 4) is 11.5 Å². The van der Waals surface area contributed by atoms with Crippen molar-refractivity contribution in [3.05, 3.63) is 105 Å². The van der Waals surface area contributed by atoms with Gasteiger partial charge < -0.3 is 18.8 Å². The molecule has 0 spiro atoms. The highest BCUT2D eigenvalue weighted by Gasteiger charge is 2.20. The van der Waals surface area contributed by atoms with Crippen molar-refractivity contribution in [1.82, 2.24) is 4.57 Å². The maximum Gasteiger partial charge on any atom is 0.262 e. The average molecular weight is 524 g/mol. The first-order valence-electron chi connectivity index (χ1n) is 11.1. The van der Waals surface area contributed by atoms with Gasteiger partial charge in [-0.2, -0.15) is 0 Å². The van der Waals surface area contributed by atoms with Gasteiger partial charge in [-0.1, -0.05) is 23.9 Å². The van der Waals surface area contributed by atoms with E-state index in [1.165, 1.54) is 62.3 Å². The molecular weight excluding hydrogens is 500 g/mol. The van der Waals surface area contributed by atoms with Crippen molar-refractivity contribution in [1.29, 1.82) is 0 Å². The average Bonchev–Trinajstić information content (AvgIpc) is 2.92. The van der Waals surface area contributed by atoms with Gasteiger partial charge in [-0.15, -0.1) is 0 Å². The van der Waals surface area contributed by atoms with Gasteiger partial charge in [0.2, 0.25) is 0 Å². The van der Waals surface area contributed by atoms with E-state index in [1.807, 2.05) is 0 Å². The number of halogens is 2. The second kappa shape index (κ2) is 11.3. The van der Waals surface area contributed by atoms with Gasteiger partial charge in [0, 0.05) is 16.3 Å². The summed E-state index contributed by atoms with van der Waals surface area (Å²) in [6.07, 6.45) is 0.593. The van der Waals surface area contributed by atoms with Crippen LogP contribution in [-0.4, -0.2) is 32.2 Å². The second-order valence-corrected chi connectivity index (χ2v) is 9.03. The van der Waals surface area contributed by atoms with Gasteiger partial charge in [0.25, 0.3) is 5.56 Å². The smallest absolute Gasteiger partial charge is 0.262 e. The van der Waals surface area contributed by atoms with Crippen LogP contribution < -0.4 is 15.0 Å². The lowest BCUT2D eigenvalue weighted by molar-refractivity contribution is -0.104. The Hall–Kier alpha value is -4.11. The van der Waals surface area contributed by atoms with Crippen LogP contribution in [0.5, 0.6) is 11.5 Å². The molecule has 0 saturated heterocycles. The number of methoxy groups -OCH3 is 3. The number of carbonyl (C=O) groups is 1. The minimum atomic E-state index is -0.431. The monoisotopic (exact) mass is 523 g/mol. The summed E-state index contributed by atoms with van der Waals surface area (Å²) in [5.41, 5.74) is 0.946. The van der Waals surface area contributed by atoms with Crippen LogP contribution in [-0.2, 0) is 16.1 Å². The summed E-state index contributed by atoms with van der Waals surface area (Å²) in [6.45, 7) is 0.122. The highest BCUT2D eigenvalue weighted by Crippen LogP contribution is 2.35. The first-order chi connectivity index (χ1) is 17.9. The maximum absolute atomic E-state index is 13.9. The molecule has 190 valence electrons. The number of hydrogen-bond donors (Lipinski definition) is 0. The summed E-state index contributed by atoms with van der Waals surface area (Å²) in [7, 11) is 4.37. The molecule has 9 heteroatoms. The highest BCUT2D eigenvalue weighted by molar-refractivity contribution is 8.04. The number of aldehydes is 1. The number of aromatic nitrogens is 1. The van der Waals surface area contributed by atoms with Crippen LogP contribution in [0.25, 0.3) is 16.7 Å². The number of ether oxygens (including phenoxy) is 3. The maximum atomic E-state index is 13.9. The van der Waals surface area contributed by atoms with Crippen LogP contribution in [0, 0.1) is 11.6 Å². The molecule has 0 aliphatic rings. The molecule has 37 heavy (non-hydrogen) atoms. The Morgan fingerprint density at radius 1 is 0.892 bits per heavy atom. The van der Waals surface area contributed by atoms with Gasteiger partial charge in [-0.05, 0) is 54.1 Å². The number of thioether (sulfide) groups is 1. The molecule has 0 aliphatic carbocycles. The fourth-order valence-electron chi connectivity index (χ4n) is 3.89. The molecule has 3 aromatic carbocycles. The Kier molecular flexibility index (Phi) is 7.93. The molecule has 0 bridgehead atoms. The van der Waals surface area contributed by atoms with Gasteiger partial charge in [0.15, 0.2) is 17.8 Å². The standard InChI is InChI=1S/C28H23F2NO5S/c1-34-24-13-18-12-22(27(36-3)26(16-32)37-21-10-8-20(30)9-11-21)28(33)31(23(18)14-25(24)35-2)15-17-4-6-19(29)7-5-17/h4-14,16H,15H2,1-3H3. The Bertz CT molecular complexity index is 1530. The lowest BCUT2D eigenvalue weighted by Crippen LogP contribution is -2.25. The van der Waals surface area contributed by atoms with Crippen molar-refractivity contribution in [3.63, 3.8) is 0 Å². The van der Waals surface area contributed by atoms with Crippen LogP contribution in [0.1, 0.15) is 11.1 Å². The van der Waals surface area contributed by atoms with Crippen LogP contribution in [0.15, 0.2) is 81.3 Å². The normalized spacial score (nSPS) is 11.7. The van der Waals surface area contributed by atoms with Crippen LogP contribution >= 0.6 is 11.8 Å². The zero-order valence-electron chi connectivity index (χ0n) is 20.3. The van der Waals surface area contributed by atoms with E-state index in [4.69, 9.17) is 14.2 Å². The Morgan fingerprint density at radius 3 is 2.05 bits per heavy atom. The molecule has 1 heterocycles. The van der Waals surface area contributed by atoms with E-state index >= 15 is 0 Å². The van der Waals surface area contributed by atoms with E-state index in [9.17, 15) is 18.4 Å². The first kappa shape index (κ1) is 26.0. The SMILES string of the molecule is COC(=C(C=O)Sc1ccc(F)cc1)c1cc2cc(OC)c(OC)cc2n(Cc2ccc(F)cc2)c1=O. The zero-order chi connectivity index (χ0) is 26.5. The lowest BCUT2D eigenvalue weighted by Gasteiger charge is -2.17. The number of rotatable bonds is 9. The minimum absolute atomic E-state index is 0.0684. The van der Waals surface area contributed by atoms with Crippen molar-refractivity contribution in [2.75, 3.05) is 21.3 Å². The largest absolute Gasteiger partial charge is 0.495 e. The second-order valence-electron chi connectivity index (χ2n) is 7.91. The fourth-order valence-corrected chi connectivity index (χ4v) is 4.75. The molecule has 6 nitrogen and oxygen atoms in total. The summed E-state index contributed by atoms with van der Waals surface area (Å²) in [5.74, 6) is 0.152. The Morgan fingerprint density at radius 2 is 1.49 bits per heavy atom. The van der Waals surface area contributed by atoms with Crippen molar-refractivity contribution < 1.29 is 27.8 Å². The molecule has 1 aromatic heterocycles. The van der Waals surface area contributed by atoms with E-state index < -0.39 is 11.4 Å². The number of carbonyl (C=O) groups excluding carboxylic acids is 1. The van der Waals surface area contributed by atoms with Gasteiger partial charge in [0.05, 0.1) is 43.9 Å². The van der Waals surface area contributed by atoms with Crippen molar-refractivity contribution >= 4 is 34.7 Å². The fraction of sp³-hybridized carbons (Fsp3) is 0.143. The summed E-state index contributed by atoms with van der Waals surface area (Å²) in [6, 6.07) is 16.5. The molecule has 4 aromatic rings. The van der Waals surface area contributed by atoms with Gasteiger partial charge in [-0.3, -0.25) is 9.59 Å². The molecule has 4 rings (SSSR count). The van der Waals surface area contributed by atoms with Crippen LogP contribution in [0.4, 0.5) is 8.78 Å². The van der Waals surface area contributed by atoms with Crippen LogP contribution in [0.2, 0.25) is 0 Å². The summed E-state index contributed by atoms with van der Waals surface area (Å²) >= 11 is 1.05. The lowest BCUT2D eigenvalue weighted by atomic mass is 10.1. The van der Waals surface area contributed by atoms with E-state index in [0.29, 0.717) is 39.1 Å².